The molecule has 3 heterocycles. The number of hydrogen-bond donors (Lipinski definition) is 4. The van der Waals surface area contributed by atoms with Gasteiger partial charge in [-0.1, -0.05) is 0 Å². The van der Waals surface area contributed by atoms with Gasteiger partial charge in [-0.25, -0.2) is 14.8 Å². The average molecular weight is 313 g/mol. The Balaban J connectivity index is 2.12. The quantitative estimate of drug-likeness (QED) is 0.356. The highest BCUT2D eigenvalue weighted by Crippen LogP contribution is 2.30. The molecule has 0 aliphatic carbocycles. The molecule has 2 aromatic rings. The zero-order valence-corrected chi connectivity index (χ0v) is 10.9. The molecular weight excluding hydrogens is 302 g/mol. The summed E-state index contributed by atoms with van der Waals surface area (Å²) in [6.07, 6.45) is -3.89. The summed E-state index contributed by atoms with van der Waals surface area (Å²) in [5.41, 5.74) is -1.17. The minimum atomic E-state index is -1.42. The normalized spacial score (nSPS) is 28.3. The van der Waals surface area contributed by atoms with E-state index in [1.165, 1.54) is 0 Å². The SMILES string of the molecule is O=c1[nH]c([N+](=O)[O-])nc2c1ncn2C1OC(CO)C(O)C1O. The summed E-state index contributed by atoms with van der Waals surface area (Å²) in [6, 6.07) is 0. The molecule has 12 heteroatoms. The van der Waals surface area contributed by atoms with Gasteiger partial charge in [0, 0.05) is 0 Å². The highest BCUT2D eigenvalue weighted by Gasteiger charge is 2.44. The van der Waals surface area contributed by atoms with E-state index in [0.717, 1.165) is 10.9 Å². The van der Waals surface area contributed by atoms with Crippen molar-refractivity contribution >= 4 is 17.1 Å². The third-order valence-electron chi connectivity index (χ3n) is 3.38. The third kappa shape index (κ3) is 2.05. The van der Waals surface area contributed by atoms with E-state index in [2.05, 4.69) is 9.97 Å². The van der Waals surface area contributed by atoms with Gasteiger partial charge in [-0.05, 0) is 9.91 Å². The first-order valence-electron chi connectivity index (χ1n) is 6.17. The van der Waals surface area contributed by atoms with Crippen molar-refractivity contribution in [3.8, 4) is 0 Å². The van der Waals surface area contributed by atoms with Gasteiger partial charge in [0.15, 0.2) is 6.23 Å². The van der Waals surface area contributed by atoms with Crippen molar-refractivity contribution in [1.82, 2.24) is 19.5 Å². The number of nitro groups is 1. The molecule has 3 rings (SSSR count). The Labute approximate surface area is 120 Å². The lowest BCUT2D eigenvalue weighted by Crippen LogP contribution is -2.33. The van der Waals surface area contributed by atoms with Gasteiger partial charge in [0.1, 0.15) is 24.6 Å². The Morgan fingerprint density at radius 1 is 1.45 bits per heavy atom. The van der Waals surface area contributed by atoms with Crippen LogP contribution in [0.4, 0.5) is 5.95 Å². The Hall–Kier alpha value is -2.41. The number of rotatable bonds is 3. The maximum absolute atomic E-state index is 11.7. The first kappa shape index (κ1) is 14.5. The summed E-state index contributed by atoms with van der Waals surface area (Å²) in [5, 5.41) is 39.5. The lowest BCUT2D eigenvalue weighted by Gasteiger charge is -2.15. The van der Waals surface area contributed by atoms with Gasteiger partial charge < -0.3 is 30.2 Å². The van der Waals surface area contributed by atoms with Crippen LogP contribution >= 0.6 is 0 Å². The number of hydrogen-bond acceptors (Lipinski definition) is 9. The second kappa shape index (κ2) is 5.10. The van der Waals surface area contributed by atoms with E-state index in [1.807, 2.05) is 4.98 Å². The molecular formula is C10H11N5O7. The van der Waals surface area contributed by atoms with Crippen LogP contribution in [0.3, 0.4) is 0 Å². The molecule has 1 saturated heterocycles. The molecule has 4 unspecified atom stereocenters. The number of nitrogens with one attached hydrogen (secondary N) is 1. The summed E-state index contributed by atoms with van der Waals surface area (Å²) in [6.45, 7) is -0.532. The van der Waals surface area contributed by atoms with Gasteiger partial charge in [0.2, 0.25) is 11.2 Å². The second-order valence-electron chi connectivity index (χ2n) is 4.70. The Morgan fingerprint density at radius 3 is 2.77 bits per heavy atom. The second-order valence-corrected chi connectivity index (χ2v) is 4.70. The number of ether oxygens (including phenoxy) is 1. The van der Waals surface area contributed by atoms with Crippen molar-refractivity contribution in [2.24, 2.45) is 0 Å². The fourth-order valence-electron chi connectivity index (χ4n) is 2.30. The van der Waals surface area contributed by atoms with Crippen molar-refractivity contribution in [2.45, 2.75) is 24.5 Å². The molecule has 1 aliphatic heterocycles. The van der Waals surface area contributed by atoms with Crippen LogP contribution in [0.5, 0.6) is 0 Å². The van der Waals surface area contributed by atoms with E-state index in [1.54, 1.807) is 0 Å². The molecule has 1 fully saturated rings. The largest absolute Gasteiger partial charge is 0.437 e. The van der Waals surface area contributed by atoms with Gasteiger partial charge in [-0.3, -0.25) is 4.57 Å². The van der Waals surface area contributed by atoms with Crippen molar-refractivity contribution < 1.29 is 25.0 Å². The Bertz CT molecular complexity index is 786. The molecule has 4 atom stereocenters. The minimum Gasteiger partial charge on any atom is -0.394 e. The standard InChI is InChI=1S/C10H11N5O7/c16-1-3-5(17)6(18)9(22-3)14-2-11-4-7(14)12-10(15(20)21)13-8(4)19/h2-3,5-6,9,16-18H,1H2,(H,12,13,19). The smallest absolute Gasteiger partial charge is 0.394 e. The number of aromatic nitrogens is 4. The summed E-state index contributed by atoms with van der Waals surface area (Å²) in [7, 11) is 0. The zero-order valence-electron chi connectivity index (χ0n) is 10.9. The highest BCUT2D eigenvalue weighted by molar-refractivity contribution is 5.70. The highest BCUT2D eigenvalue weighted by atomic mass is 16.6. The maximum Gasteiger partial charge on any atom is 0.437 e. The van der Waals surface area contributed by atoms with Crippen molar-refractivity contribution in [1.29, 1.82) is 0 Å². The van der Waals surface area contributed by atoms with Gasteiger partial charge in [0.05, 0.1) is 6.61 Å². The van der Waals surface area contributed by atoms with Gasteiger partial charge in [0.25, 0.3) is 0 Å². The van der Waals surface area contributed by atoms with Crippen molar-refractivity contribution in [3.05, 3.63) is 26.8 Å². The molecule has 0 amide bonds. The lowest BCUT2D eigenvalue weighted by atomic mass is 10.1. The van der Waals surface area contributed by atoms with E-state index in [9.17, 15) is 25.1 Å². The molecule has 0 bridgehead atoms. The number of aliphatic hydroxyl groups is 3. The molecule has 0 spiro atoms. The monoisotopic (exact) mass is 313 g/mol. The van der Waals surface area contributed by atoms with E-state index in [0.29, 0.717) is 0 Å². The number of aromatic amines is 1. The number of aliphatic hydroxyl groups excluding tert-OH is 3. The zero-order chi connectivity index (χ0) is 16.0. The molecule has 1 aliphatic rings. The van der Waals surface area contributed by atoms with Gasteiger partial charge >= 0.3 is 11.5 Å². The van der Waals surface area contributed by atoms with Crippen LogP contribution < -0.4 is 5.56 Å². The molecule has 118 valence electrons. The predicted octanol–water partition coefficient (Wildman–Crippen LogP) is -2.36. The maximum atomic E-state index is 11.7. The molecule has 12 nitrogen and oxygen atoms in total. The van der Waals surface area contributed by atoms with Crippen molar-refractivity contribution in [2.75, 3.05) is 6.61 Å². The van der Waals surface area contributed by atoms with Crippen LogP contribution in [-0.4, -0.2) is 64.7 Å². The summed E-state index contributed by atoms with van der Waals surface area (Å²) in [5.74, 6) is -0.786. The van der Waals surface area contributed by atoms with Crippen LogP contribution in [0.1, 0.15) is 6.23 Å². The Kier molecular flexibility index (Phi) is 3.37. The summed E-state index contributed by atoms with van der Waals surface area (Å²) in [4.78, 5) is 31.0. The molecule has 0 saturated carbocycles. The number of nitrogens with zero attached hydrogens (tertiary/aromatic N) is 4. The first-order valence-corrected chi connectivity index (χ1v) is 6.17. The minimum absolute atomic E-state index is 0.176. The Morgan fingerprint density at radius 2 is 2.18 bits per heavy atom. The van der Waals surface area contributed by atoms with E-state index in [4.69, 9.17) is 9.84 Å². The molecule has 2 aromatic heterocycles. The fourth-order valence-corrected chi connectivity index (χ4v) is 2.30. The number of H-pyrrole nitrogens is 1. The van der Waals surface area contributed by atoms with Gasteiger partial charge in [-0.2, -0.15) is 0 Å². The van der Waals surface area contributed by atoms with Crippen molar-refractivity contribution in [3.63, 3.8) is 0 Å². The topological polar surface area (TPSA) is 177 Å². The predicted molar refractivity (Wildman–Crippen MR) is 67.8 cm³/mol. The molecule has 0 aromatic carbocycles. The van der Waals surface area contributed by atoms with Crippen LogP contribution in [0.15, 0.2) is 11.1 Å². The molecule has 0 radical (unpaired) electrons. The van der Waals surface area contributed by atoms with Crippen LogP contribution in [0.25, 0.3) is 11.2 Å². The van der Waals surface area contributed by atoms with E-state index < -0.39 is 47.6 Å². The first-order chi connectivity index (χ1) is 10.4. The van der Waals surface area contributed by atoms with Gasteiger partial charge in [-0.15, -0.1) is 0 Å². The number of fused-ring (bicyclic) bond motifs is 1. The fraction of sp³-hybridized carbons (Fsp3) is 0.500. The van der Waals surface area contributed by atoms with Crippen LogP contribution in [0, 0.1) is 10.1 Å². The van der Waals surface area contributed by atoms with E-state index in [-0.39, 0.29) is 11.2 Å². The average Bonchev–Trinajstić information content (AvgIpc) is 3.02. The molecule has 22 heavy (non-hydrogen) atoms. The van der Waals surface area contributed by atoms with Crippen LogP contribution in [-0.2, 0) is 4.74 Å². The summed E-state index contributed by atoms with van der Waals surface area (Å²) < 4.78 is 6.38. The molecule has 4 N–H and O–H groups in total. The van der Waals surface area contributed by atoms with Crippen LogP contribution in [0.2, 0.25) is 0 Å². The third-order valence-corrected chi connectivity index (χ3v) is 3.38. The van der Waals surface area contributed by atoms with E-state index >= 15 is 0 Å². The lowest BCUT2D eigenvalue weighted by molar-refractivity contribution is -0.394. The summed E-state index contributed by atoms with van der Waals surface area (Å²) >= 11 is 0. The number of imidazole rings is 1.